The molecule has 0 amide bonds. The molecule has 0 spiro atoms. The van der Waals surface area contributed by atoms with Gasteiger partial charge in [-0.25, -0.2) is 4.98 Å². The summed E-state index contributed by atoms with van der Waals surface area (Å²) in [6, 6.07) is 14.9. The van der Waals surface area contributed by atoms with Crippen LogP contribution in [-0.4, -0.2) is 17.3 Å². The van der Waals surface area contributed by atoms with E-state index in [2.05, 4.69) is 63.5 Å². The van der Waals surface area contributed by atoms with Crippen LogP contribution < -0.4 is 5.32 Å². The summed E-state index contributed by atoms with van der Waals surface area (Å²) in [6.07, 6.45) is 1.83. The highest BCUT2D eigenvalue weighted by molar-refractivity contribution is 9.10. The third kappa shape index (κ3) is 4.34. The molecule has 1 unspecified atom stereocenters. The predicted octanol–water partition coefficient (Wildman–Crippen LogP) is 4.29. The monoisotopic (exact) mass is 336 g/mol. The summed E-state index contributed by atoms with van der Waals surface area (Å²) in [5.41, 5.74) is 1.32. The van der Waals surface area contributed by atoms with E-state index in [1.807, 2.05) is 18.3 Å². The number of pyridine rings is 1. The van der Waals surface area contributed by atoms with E-state index in [0.29, 0.717) is 6.04 Å². The van der Waals surface area contributed by atoms with Crippen LogP contribution in [0, 0.1) is 0 Å². The maximum absolute atomic E-state index is 4.39. The minimum atomic E-state index is 0.352. The molecule has 2 rings (SSSR count). The summed E-state index contributed by atoms with van der Waals surface area (Å²) in [4.78, 5) is 4.39. The van der Waals surface area contributed by atoms with Gasteiger partial charge >= 0.3 is 0 Å². The van der Waals surface area contributed by atoms with E-state index in [1.165, 1.54) is 5.56 Å². The Balaban J connectivity index is 2.04. The van der Waals surface area contributed by atoms with Crippen LogP contribution in [0.25, 0.3) is 0 Å². The van der Waals surface area contributed by atoms with Crippen LogP contribution in [-0.2, 0) is 0 Å². The van der Waals surface area contributed by atoms with Crippen molar-refractivity contribution in [3.05, 3.63) is 58.7 Å². The quantitative estimate of drug-likeness (QED) is 0.796. The van der Waals surface area contributed by atoms with Crippen molar-refractivity contribution in [1.29, 1.82) is 0 Å². The molecule has 0 saturated heterocycles. The van der Waals surface area contributed by atoms with Crippen LogP contribution >= 0.6 is 27.7 Å². The van der Waals surface area contributed by atoms with Crippen LogP contribution in [0.2, 0.25) is 0 Å². The zero-order valence-electron chi connectivity index (χ0n) is 10.8. The summed E-state index contributed by atoms with van der Waals surface area (Å²) in [7, 11) is 0. The van der Waals surface area contributed by atoms with Gasteiger partial charge in [0.15, 0.2) is 0 Å². The molecular weight excluding hydrogens is 320 g/mol. The van der Waals surface area contributed by atoms with Crippen LogP contribution in [0.5, 0.6) is 0 Å². The SMILES string of the molecule is CCNC(CSc1ncccc1Br)c1ccccc1. The van der Waals surface area contributed by atoms with Crippen molar-refractivity contribution in [3.63, 3.8) is 0 Å². The lowest BCUT2D eigenvalue weighted by molar-refractivity contribution is 0.606. The molecule has 2 aromatic rings. The van der Waals surface area contributed by atoms with E-state index in [-0.39, 0.29) is 0 Å². The highest BCUT2D eigenvalue weighted by Crippen LogP contribution is 2.28. The minimum Gasteiger partial charge on any atom is -0.309 e. The van der Waals surface area contributed by atoms with Gasteiger partial charge in [0, 0.05) is 22.5 Å². The van der Waals surface area contributed by atoms with Gasteiger partial charge in [-0.1, -0.05) is 37.3 Å². The molecule has 19 heavy (non-hydrogen) atoms. The summed E-state index contributed by atoms with van der Waals surface area (Å²) >= 11 is 5.31. The lowest BCUT2D eigenvalue weighted by atomic mass is 10.1. The number of hydrogen-bond donors (Lipinski definition) is 1. The molecule has 0 bridgehead atoms. The van der Waals surface area contributed by atoms with Crippen molar-refractivity contribution in [2.75, 3.05) is 12.3 Å². The van der Waals surface area contributed by atoms with Crippen LogP contribution in [0.15, 0.2) is 58.2 Å². The molecule has 1 aromatic carbocycles. The smallest absolute Gasteiger partial charge is 0.110 e. The Morgan fingerprint density at radius 3 is 2.68 bits per heavy atom. The summed E-state index contributed by atoms with van der Waals surface area (Å²) in [5.74, 6) is 0.966. The van der Waals surface area contributed by atoms with Gasteiger partial charge in [0.2, 0.25) is 0 Å². The number of aromatic nitrogens is 1. The molecule has 0 aliphatic heterocycles. The van der Waals surface area contributed by atoms with Gasteiger partial charge in [0.25, 0.3) is 0 Å². The molecule has 0 saturated carbocycles. The second kappa shape index (κ2) is 7.68. The van der Waals surface area contributed by atoms with Crippen molar-refractivity contribution in [2.45, 2.75) is 18.0 Å². The number of halogens is 1. The number of rotatable bonds is 6. The van der Waals surface area contributed by atoms with Gasteiger partial charge in [-0.2, -0.15) is 0 Å². The van der Waals surface area contributed by atoms with E-state index in [0.717, 1.165) is 21.8 Å². The first kappa shape index (κ1) is 14.6. The Morgan fingerprint density at radius 1 is 1.21 bits per heavy atom. The van der Waals surface area contributed by atoms with Gasteiger partial charge in [-0.3, -0.25) is 0 Å². The number of nitrogens with one attached hydrogen (secondary N) is 1. The average Bonchev–Trinajstić information content (AvgIpc) is 2.46. The number of nitrogens with zero attached hydrogens (tertiary/aromatic N) is 1. The molecule has 2 nitrogen and oxygen atoms in total. The molecule has 100 valence electrons. The predicted molar refractivity (Wildman–Crippen MR) is 85.5 cm³/mol. The largest absolute Gasteiger partial charge is 0.309 e. The fourth-order valence-electron chi connectivity index (χ4n) is 1.84. The third-order valence-electron chi connectivity index (χ3n) is 2.76. The number of hydrogen-bond acceptors (Lipinski definition) is 3. The van der Waals surface area contributed by atoms with E-state index < -0.39 is 0 Å². The molecule has 0 aliphatic rings. The van der Waals surface area contributed by atoms with Crippen molar-refractivity contribution in [2.24, 2.45) is 0 Å². The number of benzene rings is 1. The van der Waals surface area contributed by atoms with Crippen LogP contribution in [0.3, 0.4) is 0 Å². The first-order valence-electron chi connectivity index (χ1n) is 6.33. The van der Waals surface area contributed by atoms with E-state index >= 15 is 0 Å². The van der Waals surface area contributed by atoms with E-state index in [4.69, 9.17) is 0 Å². The molecule has 1 heterocycles. The Kier molecular flexibility index (Phi) is 5.89. The Hall–Kier alpha value is -0.840. The van der Waals surface area contributed by atoms with Crippen molar-refractivity contribution >= 4 is 27.7 Å². The van der Waals surface area contributed by atoms with Gasteiger partial charge in [-0.15, -0.1) is 11.8 Å². The van der Waals surface area contributed by atoms with Gasteiger partial charge in [0.05, 0.1) is 0 Å². The van der Waals surface area contributed by atoms with Crippen molar-refractivity contribution in [3.8, 4) is 0 Å². The molecule has 0 fully saturated rings. The number of thioether (sulfide) groups is 1. The fourth-order valence-corrected chi connectivity index (χ4v) is 3.42. The average molecular weight is 337 g/mol. The highest BCUT2D eigenvalue weighted by Gasteiger charge is 2.11. The lowest BCUT2D eigenvalue weighted by Crippen LogP contribution is -2.22. The summed E-state index contributed by atoms with van der Waals surface area (Å²) in [6.45, 7) is 3.10. The molecule has 1 N–H and O–H groups in total. The van der Waals surface area contributed by atoms with Crippen LogP contribution in [0.1, 0.15) is 18.5 Å². The van der Waals surface area contributed by atoms with Gasteiger partial charge in [-0.05, 0) is 40.2 Å². The highest BCUT2D eigenvalue weighted by atomic mass is 79.9. The van der Waals surface area contributed by atoms with Gasteiger partial charge in [0.1, 0.15) is 5.03 Å². The van der Waals surface area contributed by atoms with Gasteiger partial charge < -0.3 is 5.32 Å². The van der Waals surface area contributed by atoms with Crippen molar-refractivity contribution < 1.29 is 0 Å². The Morgan fingerprint density at radius 2 is 2.00 bits per heavy atom. The van der Waals surface area contributed by atoms with Crippen molar-refractivity contribution in [1.82, 2.24) is 10.3 Å². The standard InChI is InChI=1S/C15H17BrN2S/c1-2-17-14(12-7-4-3-5-8-12)11-19-15-13(16)9-6-10-18-15/h3-10,14,17H,2,11H2,1H3. The lowest BCUT2D eigenvalue weighted by Gasteiger charge is -2.18. The molecule has 0 aliphatic carbocycles. The van der Waals surface area contributed by atoms with E-state index in [9.17, 15) is 0 Å². The Labute approximate surface area is 127 Å². The maximum Gasteiger partial charge on any atom is 0.110 e. The maximum atomic E-state index is 4.39. The first-order chi connectivity index (χ1) is 9.31. The molecule has 0 radical (unpaired) electrons. The summed E-state index contributed by atoms with van der Waals surface area (Å²) in [5, 5.41) is 4.57. The summed E-state index contributed by atoms with van der Waals surface area (Å²) < 4.78 is 1.06. The topological polar surface area (TPSA) is 24.9 Å². The fraction of sp³-hybridized carbons (Fsp3) is 0.267. The normalized spacial score (nSPS) is 12.3. The minimum absolute atomic E-state index is 0.352. The Bertz CT molecular complexity index is 505. The third-order valence-corrected chi connectivity index (χ3v) is 4.77. The molecule has 4 heteroatoms. The zero-order chi connectivity index (χ0) is 13.5. The molecule has 1 atom stereocenters. The van der Waals surface area contributed by atoms with E-state index in [1.54, 1.807) is 11.8 Å². The van der Waals surface area contributed by atoms with Crippen LogP contribution in [0.4, 0.5) is 0 Å². The first-order valence-corrected chi connectivity index (χ1v) is 8.10. The molecular formula is C15H17BrN2S. The zero-order valence-corrected chi connectivity index (χ0v) is 13.2. The molecule has 1 aromatic heterocycles. The second-order valence-electron chi connectivity index (χ2n) is 4.12. The second-order valence-corrected chi connectivity index (χ2v) is 5.99.